The SMILES string of the molecule is Cc1nnnn1-c1cc(NC(=O)c2occc2CS(=O)(=O)c2ccccc2)ccc1F. The summed E-state index contributed by atoms with van der Waals surface area (Å²) in [6, 6.07) is 13.2. The van der Waals surface area contributed by atoms with Crippen LogP contribution in [0, 0.1) is 12.7 Å². The number of anilines is 1. The molecule has 158 valence electrons. The first-order chi connectivity index (χ1) is 14.8. The maximum Gasteiger partial charge on any atom is 0.291 e. The molecule has 1 amide bonds. The monoisotopic (exact) mass is 441 g/mol. The summed E-state index contributed by atoms with van der Waals surface area (Å²) < 4.78 is 45.9. The number of rotatable bonds is 6. The Morgan fingerprint density at radius 3 is 2.65 bits per heavy atom. The number of aryl methyl sites for hydroxylation is 1. The zero-order valence-corrected chi connectivity index (χ0v) is 17.0. The fourth-order valence-electron chi connectivity index (χ4n) is 2.96. The standard InChI is InChI=1S/C20H16FN5O4S/c1-13-23-24-25-26(13)18-11-15(7-8-17(18)21)22-20(27)19-14(9-10-30-19)12-31(28,29)16-5-3-2-4-6-16/h2-11H,12H2,1H3,(H,22,27). The van der Waals surface area contributed by atoms with Gasteiger partial charge in [-0.25, -0.2) is 12.8 Å². The summed E-state index contributed by atoms with van der Waals surface area (Å²) in [4.78, 5) is 12.9. The van der Waals surface area contributed by atoms with Crippen molar-refractivity contribution in [3.63, 3.8) is 0 Å². The third kappa shape index (κ3) is 4.21. The predicted octanol–water partition coefficient (Wildman–Crippen LogP) is 2.93. The van der Waals surface area contributed by atoms with E-state index in [9.17, 15) is 17.6 Å². The lowest BCUT2D eigenvalue weighted by Gasteiger charge is -2.09. The molecule has 11 heteroatoms. The molecule has 0 bridgehead atoms. The number of carbonyl (C=O) groups is 1. The van der Waals surface area contributed by atoms with Crippen molar-refractivity contribution in [2.45, 2.75) is 17.6 Å². The van der Waals surface area contributed by atoms with Crippen LogP contribution in [0.25, 0.3) is 5.69 Å². The number of amides is 1. The molecule has 9 nitrogen and oxygen atoms in total. The molecule has 0 fully saturated rings. The zero-order chi connectivity index (χ0) is 22.0. The largest absolute Gasteiger partial charge is 0.459 e. The third-order valence-electron chi connectivity index (χ3n) is 4.46. The molecule has 4 rings (SSSR count). The molecular formula is C20H16FN5O4S. The minimum absolute atomic E-state index is 0.0478. The van der Waals surface area contributed by atoms with Gasteiger partial charge >= 0.3 is 0 Å². The average molecular weight is 441 g/mol. The summed E-state index contributed by atoms with van der Waals surface area (Å²) in [5.74, 6) is -1.45. The molecule has 2 aromatic carbocycles. The summed E-state index contributed by atoms with van der Waals surface area (Å²) in [6.45, 7) is 1.60. The van der Waals surface area contributed by atoms with Crippen LogP contribution in [0.5, 0.6) is 0 Å². The number of nitrogens with zero attached hydrogens (tertiary/aromatic N) is 4. The molecule has 0 spiro atoms. The predicted molar refractivity (Wildman–Crippen MR) is 108 cm³/mol. The fourth-order valence-corrected chi connectivity index (χ4v) is 4.33. The van der Waals surface area contributed by atoms with E-state index in [-0.39, 0.29) is 27.6 Å². The second kappa shape index (κ2) is 8.11. The van der Waals surface area contributed by atoms with Crippen molar-refractivity contribution in [1.29, 1.82) is 0 Å². The first-order valence-electron chi connectivity index (χ1n) is 9.05. The minimum atomic E-state index is -3.67. The Morgan fingerprint density at radius 2 is 1.94 bits per heavy atom. The molecule has 0 unspecified atom stereocenters. The van der Waals surface area contributed by atoms with Crippen molar-refractivity contribution in [3.8, 4) is 5.69 Å². The molecule has 2 aromatic heterocycles. The van der Waals surface area contributed by atoms with Crippen molar-refractivity contribution < 1.29 is 22.0 Å². The summed E-state index contributed by atoms with van der Waals surface area (Å²) in [7, 11) is -3.67. The lowest BCUT2D eigenvalue weighted by Crippen LogP contribution is -2.15. The number of sulfone groups is 1. The van der Waals surface area contributed by atoms with Gasteiger partial charge in [0.05, 0.1) is 16.9 Å². The van der Waals surface area contributed by atoms with E-state index in [0.29, 0.717) is 5.82 Å². The molecule has 0 saturated heterocycles. The maximum atomic E-state index is 14.2. The van der Waals surface area contributed by atoms with Gasteiger partial charge in [0.1, 0.15) is 11.5 Å². The molecule has 4 aromatic rings. The molecular weight excluding hydrogens is 425 g/mol. The smallest absolute Gasteiger partial charge is 0.291 e. The summed E-state index contributed by atoms with van der Waals surface area (Å²) in [5, 5.41) is 13.5. The van der Waals surface area contributed by atoms with E-state index < -0.39 is 27.3 Å². The second-order valence-corrected chi connectivity index (χ2v) is 8.59. The van der Waals surface area contributed by atoms with Gasteiger partial charge in [0.15, 0.2) is 21.4 Å². The number of tetrazole rings is 1. The van der Waals surface area contributed by atoms with Crippen LogP contribution in [0.15, 0.2) is 70.2 Å². The van der Waals surface area contributed by atoms with Gasteiger partial charge in [0.2, 0.25) is 0 Å². The van der Waals surface area contributed by atoms with E-state index in [1.165, 1.54) is 41.3 Å². The highest BCUT2D eigenvalue weighted by Gasteiger charge is 2.23. The molecule has 31 heavy (non-hydrogen) atoms. The van der Waals surface area contributed by atoms with E-state index in [4.69, 9.17) is 4.42 Å². The number of nitrogens with one attached hydrogen (secondary N) is 1. The first kappa shape index (κ1) is 20.4. The van der Waals surface area contributed by atoms with Gasteiger partial charge in [-0.3, -0.25) is 4.79 Å². The van der Waals surface area contributed by atoms with Crippen LogP contribution in [-0.2, 0) is 15.6 Å². The summed E-state index contributed by atoms with van der Waals surface area (Å²) in [6.07, 6.45) is 1.24. The van der Waals surface area contributed by atoms with Crippen LogP contribution >= 0.6 is 0 Å². The highest BCUT2D eigenvalue weighted by Crippen LogP contribution is 2.23. The van der Waals surface area contributed by atoms with Crippen LogP contribution in [0.4, 0.5) is 10.1 Å². The number of hydrogen-bond donors (Lipinski definition) is 1. The Morgan fingerprint density at radius 1 is 1.16 bits per heavy atom. The quantitative estimate of drug-likeness (QED) is 0.488. The number of carbonyl (C=O) groups excluding carboxylic acids is 1. The van der Waals surface area contributed by atoms with Crippen LogP contribution in [0.2, 0.25) is 0 Å². The molecule has 0 saturated carbocycles. The van der Waals surface area contributed by atoms with E-state index >= 15 is 0 Å². The second-order valence-electron chi connectivity index (χ2n) is 6.61. The normalized spacial score (nSPS) is 11.4. The number of halogens is 1. The van der Waals surface area contributed by atoms with Crippen LogP contribution in [-0.4, -0.2) is 34.5 Å². The summed E-state index contributed by atoms with van der Waals surface area (Å²) in [5.41, 5.74) is 0.510. The Hall–Kier alpha value is -3.86. The van der Waals surface area contributed by atoms with Gasteiger partial charge < -0.3 is 9.73 Å². The van der Waals surface area contributed by atoms with Crippen molar-refractivity contribution in [3.05, 3.63) is 83.8 Å². The highest BCUT2D eigenvalue weighted by molar-refractivity contribution is 7.90. The molecule has 0 radical (unpaired) electrons. The van der Waals surface area contributed by atoms with Gasteiger partial charge in [-0.05, 0) is 53.7 Å². The van der Waals surface area contributed by atoms with Crippen molar-refractivity contribution in [2.75, 3.05) is 5.32 Å². The minimum Gasteiger partial charge on any atom is -0.459 e. The van der Waals surface area contributed by atoms with E-state index in [1.807, 2.05) is 0 Å². The molecule has 0 aliphatic heterocycles. The van der Waals surface area contributed by atoms with Crippen LogP contribution in [0.1, 0.15) is 21.9 Å². The van der Waals surface area contributed by atoms with Gasteiger partial charge in [-0.15, -0.1) is 5.10 Å². The summed E-state index contributed by atoms with van der Waals surface area (Å²) >= 11 is 0. The molecule has 0 aliphatic carbocycles. The lowest BCUT2D eigenvalue weighted by atomic mass is 10.2. The van der Waals surface area contributed by atoms with Gasteiger partial charge in [0, 0.05) is 11.3 Å². The fraction of sp³-hybridized carbons (Fsp3) is 0.100. The Kier molecular flexibility index (Phi) is 5.34. The number of aromatic nitrogens is 4. The van der Waals surface area contributed by atoms with Gasteiger partial charge in [-0.2, -0.15) is 4.68 Å². The van der Waals surface area contributed by atoms with Crippen molar-refractivity contribution >= 4 is 21.4 Å². The number of benzene rings is 2. The van der Waals surface area contributed by atoms with Gasteiger partial charge in [0.25, 0.3) is 5.91 Å². The van der Waals surface area contributed by atoms with E-state index in [2.05, 4.69) is 20.8 Å². The Bertz CT molecular complexity index is 1350. The molecule has 1 N–H and O–H groups in total. The zero-order valence-electron chi connectivity index (χ0n) is 16.2. The Labute approximate surface area is 176 Å². The lowest BCUT2D eigenvalue weighted by molar-refractivity contribution is 0.0995. The van der Waals surface area contributed by atoms with Crippen LogP contribution < -0.4 is 5.32 Å². The van der Waals surface area contributed by atoms with Crippen molar-refractivity contribution in [1.82, 2.24) is 20.2 Å². The Balaban J connectivity index is 1.57. The average Bonchev–Trinajstić information content (AvgIpc) is 3.38. The van der Waals surface area contributed by atoms with Gasteiger partial charge in [-0.1, -0.05) is 18.2 Å². The van der Waals surface area contributed by atoms with E-state index in [1.54, 1.807) is 25.1 Å². The maximum absolute atomic E-state index is 14.2. The number of furan rings is 1. The third-order valence-corrected chi connectivity index (χ3v) is 6.14. The van der Waals surface area contributed by atoms with Crippen molar-refractivity contribution in [2.24, 2.45) is 0 Å². The topological polar surface area (TPSA) is 120 Å². The molecule has 0 atom stereocenters. The first-order valence-corrected chi connectivity index (χ1v) is 10.7. The number of hydrogen-bond acceptors (Lipinski definition) is 7. The van der Waals surface area contributed by atoms with E-state index in [0.717, 1.165) is 6.07 Å². The molecule has 2 heterocycles. The van der Waals surface area contributed by atoms with Crippen LogP contribution in [0.3, 0.4) is 0 Å². The highest BCUT2D eigenvalue weighted by atomic mass is 32.2. The molecule has 0 aliphatic rings.